The number of nitrogen functional groups attached to an aromatic ring is 1. The molecule has 2 unspecified atom stereocenters. The third-order valence-electron chi connectivity index (χ3n) is 5.37. The van der Waals surface area contributed by atoms with Crippen molar-refractivity contribution in [3.05, 3.63) is 77.7 Å². The molecule has 0 amide bonds. The maximum atomic E-state index is 15.1. The standard InChI is InChI=1S/C23H20F4N4O2/c1-23(32,14-2-4-15(24)5-3-14)18(26)9-11-33-21-17(25)7-6-16(20(21)27)13-8-10-31-19(12-13)29-22(28)30-31/h2-8,10,12,18,32H,9,11H2,1H3,(H2,28,30). The lowest BCUT2D eigenvalue weighted by atomic mass is 9.89. The second-order valence-electron chi connectivity index (χ2n) is 7.69. The van der Waals surface area contributed by atoms with Gasteiger partial charge in [-0.05, 0) is 54.4 Å². The van der Waals surface area contributed by atoms with Crippen LogP contribution in [0.5, 0.6) is 5.75 Å². The molecule has 0 saturated carbocycles. The first kappa shape index (κ1) is 22.5. The zero-order valence-electron chi connectivity index (χ0n) is 17.5. The largest absolute Gasteiger partial charge is 0.487 e. The van der Waals surface area contributed by atoms with Crippen molar-refractivity contribution in [2.75, 3.05) is 12.3 Å². The molecule has 0 bridgehead atoms. The number of nitrogens with two attached hydrogens (primary N) is 1. The number of nitrogens with zero attached hydrogens (tertiary/aromatic N) is 3. The minimum absolute atomic E-state index is 0.0468. The molecule has 33 heavy (non-hydrogen) atoms. The van der Waals surface area contributed by atoms with Crippen LogP contribution in [0.3, 0.4) is 0 Å². The quantitative estimate of drug-likeness (QED) is 0.399. The SMILES string of the molecule is CC(O)(c1ccc(F)cc1)C(F)CCOc1c(F)ccc(-c2ccn3nc(N)nc3c2)c1F. The second kappa shape index (κ2) is 8.70. The molecule has 0 aliphatic heterocycles. The van der Waals surface area contributed by atoms with E-state index in [1.54, 1.807) is 6.07 Å². The number of alkyl halides is 1. The summed E-state index contributed by atoms with van der Waals surface area (Å²) in [5.41, 5.74) is 4.59. The van der Waals surface area contributed by atoms with Gasteiger partial charge in [0.2, 0.25) is 5.95 Å². The van der Waals surface area contributed by atoms with E-state index >= 15 is 4.39 Å². The fraction of sp³-hybridized carbons (Fsp3) is 0.217. The average Bonchev–Trinajstić information content (AvgIpc) is 3.15. The average molecular weight is 460 g/mol. The van der Waals surface area contributed by atoms with Crippen molar-refractivity contribution < 1.29 is 27.4 Å². The van der Waals surface area contributed by atoms with Crippen molar-refractivity contribution in [2.45, 2.75) is 25.1 Å². The van der Waals surface area contributed by atoms with Crippen LogP contribution in [-0.2, 0) is 5.60 Å². The Kier molecular flexibility index (Phi) is 5.94. The van der Waals surface area contributed by atoms with E-state index in [0.717, 1.165) is 18.2 Å². The van der Waals surface area contributed by atoms with Crippen molar-refractivity contribution in [3.8, 4) is 16.9 Å². The lowest BCUT2D eigenvalue weighted by molar-refractivity contribution is -0.0324. The molecule has 0 saturated heterocycles. The lowest BCUT2D eigenvalue weighted by Crippen LogP contribution is -2.34. The molecule has 0 aliphatic carbocycles. The summed E-state index contributed by atoms with van der Waals surface area (Å²) in [5, 5.41) is 14.4. The van der Waals surface area contributed by atoms with E-state index in [0.29, 0.717) is 11.2 Å². The van der Waals surface area contributed by atoms with Gasteiger partial charge in [0.25, 0.3) is 0 Å². The number of ether oxygens (including phenoxy) is 1. The van der Waals surface area contributed by atoms with E-state index in [9.17, 15) is 18.3 Å². The minimum Gasteiger partial charge on any atom is -0.487 e. The molecule has 0 aliphatic rings. The highest BCUT2D eigenvalue weighted by atomic mass is 19.1. The maximum absolute atomic E-state index is 15.1. The number of aliphatic hydroxyl groups is 1. The highest BCUT2D eigenvalue weighted by Crippen LogP contribution is 2.33. The molecule has 4 rings (SSSR count). The Morgan fingerprint density at radius 3 is 2.58 bits per heavy atom. The molecule has 0 radical (unpaired) electrons. The number of pyridine rings is 1. The number of aromatic nitrogens is 3. The molecular formula is C23H20F4N4O2. The number of benzene rings is 2. The predicted molar refractivity (Wildman–Crippen MR) is 114 cm³/mol. The lowest BCUT2D eigenvalue weighted by Gasteiger charge is -2.28. The highest BCUT2D eigenvalue weighted by Gasteiger charge is 2.34. The molecular weight excluding hydrogens is 440 g/mol. The molecule has 3 N–H and O–H groups in total. The van der Waals surface area contributed by atoms with Crippen LogP contribution in [0.15, 0.2) is 54.7 Å². The van der Waals surface area contributed by atoms with Gasteiger partial charge in [-0.3, -0.25) is 0 Å². The zero-order valence-corrected chi connectivity index (χ0v) is 17.5. The summed E-state index contributed by atoms with van der Waals surface area (Å²) in [5.74, 6) is -3.06. The Bertz CT molecular complexity index is 1290. The van der Waals surface area contributed by atoms with Crippen LogP contribution in [0, 0.1) is 17.5 Å². The van der Waals surface area contributed by atoms with Crippen molar-refractivity contribution >= 4 is 11.6 Å². The first-order valence-corrected chi connectivity index (χ1v) is 10.0. The van der Waals surface area contributed by atoms with Crippen LogP contribution >= 0.6 is 0 Å². The summed E-state index contributed by atoms with van der Waals surface area (Å²) >= 11 is 0. The van der Waals surface area contributed by atoms with E-state index in [4.69, 9.17) is 10.5 Å². The molecule has 4 aromatic rings. The van der Waals surface area contributed by atoms with Crippen LogP contribution in [0.2, 0.25) is 0 Å². The Balaban J connectivity index is 1.50. The molecule has 10 heteroatoms. The monoisotopic (exact) mass is 460 g/mol. The number of fused-ring (bicyclic) bond motifs is 1. The van der Waals surface area contributed by atoms with Gasteiger partial charge >= 0.3 is 0 Å². The minimum atomic E-state index is -1.94. The number of rotatable bonds is 7. The van der Waals surface area contributed by atoms with E-state index < -0.39 is 41.6 Å². The van der Waals surface area contributed by atoms with Crippen LogP contribution in [0.1, 0.15) is 18.9 Å². The molecule has 2 aromatic heterocycles. The summed E-state index contributed by atoms with van der Waals surface area (Å²) in [6, 6.07) is 10.1. The fourth-order valence-corrected chi connectivity index (χ4v) is 3.47. The van der Waals surface area contributed by atoms with E-state index in [2.05, 4.69) is 10.1 Å². The Hall–Kier alpha value is -3.66. The molecule has 2 heterocycles. The van der Waals surface area contributed by atoms with Gasteiger partial charge in [0, 0.05) is 18.2 Å². The first-order valence-electron chi connectivity index (χ1n) is 10.0. The maximum Gasteiger partial charge on any atom is 0.240 e. The number of halogens is 4. The second-order valence-corrected chi connectivity index (χ2v) is 7.69. The summed E-state index contributed by atoms with van der Waals surface area (Å²) in [4.78, 5) is 4.01. The normalized spacial score (nSPS) is 14.2. The van der Waals surface area contributed by atoms with Gasteiger partial charge in [-0.2, -0.15) is 4.98 Å². The van der Waals surface area contributed by atoms with Crippen LogP contribution in [-0.4, -0.2) is 32.5 Å². The molecule has 6 nitrogen and oxygen atoms in total. The van der Waals surface area contributed by atoms with Gasteiger partial charge in [-0.1, -0.05) is 12.1 Å². The smallest absolute Gasteiger partial charge is 0.240 e. The van der Waals surface area contributed by atoms with E-state index in [-0.39, 0.29) is 23.5 Å². The molecule has 0 fully saturated rings. The first-order chi connectivity index (χ1) is 15.7. The molecule has 0 spiro atoms. The van der Waals surface area contributed by atoms with E-state index in [1.165, 1.54) is 41.9 Å². The topological polar surface area (TPSA) is 85.7 Å². The van der Waals surface area contributed by atoms with Crippen LogP contribution < -0.4 is 10.5 Å². The van der Waals surface area contributed by atoms with Gasteiger partial charge in [-0.25, -0.2) is 22.1 Å². The van der Waals surface area contributed by atoms with Gasteiger partial charge in [0.1, 0.15) is 17.6 Å². The number of hydrogen-bond acceptors (Lipinski definition) is 5. The van der Waals surface area contributed by atoms with E-state index in [1.807, 2.05) is 0 Å². The van der Waals surface area contributed by atoms with Crippen molar-refractivity contribution in [1.82, 2.24) is 14.6 Å². The summed E-state index contributed by atoms with van der Waals surface area (Å²) in [6.07, 6.45) is -0.667. The van der Waals surface area contributed by atoms with Crippen molar-refractivity contribution in [3.63, 3.8) is 0 Å². The highest BCUT2D eigenvalue weighted by molar-refractivity contribution is 5.69. The number of hydrogen-bond donors (Lipinski definition) is 2. The Morgan fingerprint density at radius 2 is 1.85 bits per heavy atom. The Labute approximate surface area is 186 Å². The Morgan fingerprint density at radius 1 is 1.12 bits per heavy atom. The van der Waals surface area contributed by atoms with Crippen LogP contribution in [0.4, 0.5) is 23.5 Å². The van der Waals surface area contributed by atoms with Gasteiger partial charge in [0.15, 0.2) is 23.0 Å². The summed E-state index contributed by atoms with van der Waals surface area (Å²) < 4.78 is 63.8. The fourth-order valence-electron chi connectivity index (χ4n) is 3.47. The predicted octanol–water partition coefficient (Wildman–Crippen LogP) is 4.41. The van der Waals surface area contributed by atoms with Crippen molar-refractivity contribution in [1.29, 1.82) is 0 Å². The van der Waals surface area contributed by atoms with Crippen LogP contribution in [0.25, 0.3) is 16.8 Å². The van der Waals surface area contributed by atoms with Gasteiger partial charge in [-0.15, -0.1) is 5.10 Å². The van der Waals surface area contributed by atoms with Gasteiger partial charge in [0.05, 0.1) is 6.61 Å². The third-order valence-corrected chi connectivity index (χ3v) is 5.37. The molecule has 2 aromatic carbocycles. The molecule has 2 atom stereocenters. The summed E-state index contributed by atoms with van der Waals surface area (Å²) in [7, 11) is 0. The number of anilines is 1. The third kappa shape index (κ3) is 4.47. The van der Waals surface area contributed by atoms with Gasteiger partial charge < -0.3 is 15.6 Å². The molecule has 172 valence electrons. The van der Waals surface area contributed by atoms with Crippen molar-refractivity contribution in [2.24, 2.45) is 0 Å². The zero-order chi connectivity index (χ0) is 23.8. The summed E-state index contributed by atoms with van der Waals surface area (Å²) in [6.45, 7) is 0.829.